The molecule has 1 aromatic heterocycles. The van der Waals surface area contributed by atoms with Gasteiger partial charge in [-0.2, -0.15) is 5.10 Å². The molecule has 2 N–H and O–H groups in total. The molecule has 90 valence electrons. The first-order valence-electron chi connectivity index (χ1n) is 5.78. The van der Waals surface area contributed by atoms with Crippen molar-refractivity contribution in [1.29, 1.82) is 0 Å². The van der Waals surface area contributed by atoms with Crippen molar-refractivity contribution in [1.82, 2.24) is 14.8 Å². The zero-order chi connectivity index (χ0) is 11.8. The predicted molar refractivity (Wildman–Crippen MR) is 61.9 cm³/mol. The molecule has 0 radical (unpaired) electrons. The van der Waals surface area contributed by atoms with Crippen LogP contribution in [-0.4, -0.2) is 27.1 Å². The summed E-state index contributed by atoms with van der Waals surface area (Å²) >= 11 is 0. The van der Waals surface area contributed by atoms with Crippen molar-refractivity contribution in [3.05, 3.63) is 12.2 Å². The fourth-order valence-electron chi connectivity index (χ4n) is 1.56. The standard InChI is InChI=1S/C11H20N4O/c1-15-11(13-9-14-15)8-10(16)6-4-2-3-5-7-12/h9H,2-8,12H2,1H3. The minimum atomic E-state index is 0.240. The van der Waals surface area contributed by atoms with Crippen LogP contribution in [0.5, 0.6) is 0 Å². The van der Waals surface area contributed by atoms with Crippen molar-refractivity contribution in [2.75, 3.05) is 6.54 Å². The molecule has 0 atom stereocenters. The fourth-order valence-corrected chi connectivity index (χ4v) is 1.56. The summed E-state index contributed by atoms with van der Waals surface area (Å²) in [7, 11) is 1.80. The third-order valence-corrected chi connectivity index (χ3v) is 2.57. The summed E-state index contributed by atoms with van der Waals surface area (Å²) in [6, 6.07) is 0. The summed E-state index contributed by atoms with van der Waals surface area (Å²) < 4.78 is 1.65. The molecule has 16 heavy (non-hydrogen) atoms. The Bertz CT molecular complexity index is 322. The molecule has 0 unspecified atom stereocenters. The van der Waals surface area contributed by atoms with Gasteiger partial charge in [0, 0.05) is 13.5 Å². The van der Waals surface area contributed by atoms with Gasteiger partial charge in [-0.25, -0.2) is 4.98 Å². The van der Waals surface area contributed by atoms with Gasteiger partial charge in [-0.1, -0.05) is 12.8 Å². The maximum absolute atomic E-state index is 11.6. The van der Waals surface area contributed by atoms with E-state index in [0.29, 0.717) is 12.8 Å². The molecular weight excluding hydrogens is 204 g/mol. The molecule has 0 saturated carbocycles. The number of carbonyl (C=O) groups is 1. The first kappa shape index (κ1) is 12.8. The first-order valence-corrected chi connectivity index (χ1v) is 5.78. The van der Waals surface area contributed by atoms with Gasteiger partial charge in [0.25, 0.3) is 0 Å². The summed E-state index contributed by atoms with van der Waals surface area (Å²) in [5, 5.41) is 3.93. The fraction of sp³-hybridized carbons (Fsp3) is 0.727. The minimum absolute atomic E-state index is 0.240. The van der Waals surface area contributed by atoms with E-state index in [1.54, 1.807) is 11.7 Å². The van der Waals surface area contributed by atoms with Crippen molar-refractivity contribution < 1.29 is 4.79 Å². The van der Waals surface area contributed by atoms with Crippen LogP contribution in [0.4, 0.5) is 0 Å². The third-order valence-electron chi connectivity index (χ3n) is 2.57. The second-order valence-electron chi connectivity index (χ2n) is 3.97. The smallest absolute Gasteiger partial charge is 0.140 e. The summed E-state index contributed by atoms with van der Waals surface area (Å²) in [6.45, 7) is 0.743. The Morgan fingerprint density at radius 3 is 2.75 bits per heavy atom. The van der Waals surface area contributed by atoms with Crippen molar-refractivity contribution in [3.8, 4) is 0 Å². The molecule has 0 aliphatic rings. The third kappa shape index (κ3) is 4.53. The lowest BCUT2D eigenvalue weighted by Crippen LogP contribution is -2.08. The van der Waals surface area contributed by atoms with E-state index in [2.05, 4.69) is 10.1 Å². The van der Waals surface area contributed by atoms with Gasteiger partial charge < -0.3 is 5.73 Å². The highest BCUT2D eigenvalue weighted by Gasteiger charge is 2.07. The van der Waals surface area contributed by atoms with E-state index in [1.807, 2.05) is 0 Å². The predicted octanol–water partition coefficient (Wildman–Crippen LogP) is 0.836. The number of carbonyl (C=O) groups excluding carboxylic acids is 1. The molecule has 0 aromatic carbocycles. The van der Waals surface area contributed by atoms with Crippen LogP contribution >= 0.6 is 0 Å². The van der Waals surface area contributed by atoms with E-state index >= 15 is 0 Å². The normalized spacial score (nSPS) is 10.6. The van der Waals surface area contributed by atoms with Crippen molar-refractivity contribution in [3.63, 3.8) is 0 Å². The molecule has 0 amide bonds. The number of unbranched alkanes of at least 4 members (excludes halogenated alkanes) is 3. The topological polar surface area (TPSA) is 73.8 Å². The zero-order valence-corrected chi connectivity index (χ0v) is 9.85. The van der Waals surface area contributed by atoms with Gasteiger partial charge in [0.2, 0.25) is 0 Å². The largest absolute Gasteiger partial charge is 0.330 e. The molecule has 0 saturated heterocycles. The second-order valence-corrected chi connectivity index (χ2v) is 3.97. The van der Waals surface area contributed by atoms with Crippen LogP contribution in [0.1, 0.15) is 37.9 Å². The average Bonchev–Trinajstić information content (AvgIpc) is 2.64. The highest BCUT2D eigenvalue weighted by molar-refractivity contribution is 5.80. The van der Waals surface area contributed by atoms with Gasteiger partial charge in [-0.05, 0) is 19.4 Å². The van der Waals surface area contributed by atoms with E-state index in [4.69, 9.17) is 5.73 Å². The van der Waals surface area contributed by atoms with Crippen LogP contribution in [0.3, 0.4) is 0 Å². The Labute approximate surface area is 96.0 Å². The molecule has 5 nitrogen and oxygen atoms in total. The van der Waals surface area contributed by atoms with Gasteiger partial charge in [-0.15, -0.1) is 0 Å². The van der Waals surface area contributed by atoms with E-state index in [9.17, 15) is 4.79 Å². The van der Waals surface area contributed by atoms with Crippen LogP contribution in [0.2, 0.25) is 0 Å². The SMILES string of the molecule is Cn1ncnc1CC(=O)CCCCCCN. The van der Waals surface area contributed by atoms with Gasteiger partial charge >= 0.3 is 0 Å². The number of rotatable bonds is 8. The number of Topliss-reactive ketones (excluding diaryl/α,β-unsaturated/α-hetero) is 1. The number of ketones is 1. The molecular formula is C11H20N4O. The summed E-state index contributed by atoms with van der Waals surface area (Å²) in [5.74, 6) is 0.982. The highest BCUT2D eigenvalue weighted by Crippen LogP contribution is 2.05. The molecule has 0 bridgehead atoms. The molecule has 1 rings (SSSR count). The Balaban J connectivity index is 2.14. The van der Waals surface area contributed by atoms with Gasteiger partial charge in [-0.3, -0.25) is 9.48 Å². The van der Waals surface area contributed by atoms with Crippen LogP contribution < -0.4 is 5.73 Å². The van der Waals surface area contributed by atoms with Crippen molar-refractivity contribution in [2.24, 2.45) is 12.8 Å². The van der Waals surface area contributed by atoms with Crippen LogP contribution in [0.25, 0.3) is 0 Å². The van der Waals surface area contributed by atoms with Crippen molar-refractivity contribution >= 4 is 5.78 Å². The molecule has 1 aromatic rings. The minimum Gasteiger partial charge on any atom is -0.330 e. The van der Waals surface area contributed by atoms with Gasteiger partial charge in [0.05, 0.1) is 6.42 Å². The number of aromatic nitrogens is 3. The maximum Gasteiger partial charge on any atom is 0.140 e. The number of nitrogens with zero attached hydrogens (tertiary/aromatic N) is 3. The van der Waals surface area contributed by atoms with Crippen LogP contribution in [0, 0.1) is 0 Å². The summed E-state index contributed by atoms with van der Waals surface area (Å²) in [6.07, 6.45) is 6.72. The van der Waals surface area contributed by atoms with E-state index in [-0.39, 0.29) is 5.78 Å². The number of aryl methyl sites for hydroxylation is 1. The second kappa shape index (κ2) is 7.11. The van der Waals surface area contributed by atoms with Crippen LogP contribution in [0.15, 0.2) is 6.33 Å². The Morgan fingerprint density at radius 2 is 2.12 bits per heavy atom. The summed E-state index contributed by atoms with van der Waals surface area (Å²) in [5.41, 5.74) is 5.39. The highest BCUT2D eigenvalue weighted by atomic mass is 16.1. The first-order chi connectivity index (χ1) is 7.74. The molecule has 1 heterocycles. The monoisotopic (exact) mass is 224 g/mol. The Morgan fingerprint density at radius 1 is 1.38 bits per heavy atom. The van der Waals surface area contributed by atoms with Gasteiger partial charge in [0.1, 0.15) is 17.9 Å². The van der Waals surface area contributed by atoms with Crippen molar-refractivity contribution in [2.45, 2.75) is 38.5 Å². The lowest BCUT2D eigenvalue weighted by atomic mass is 10.1. The average molecular weight is 224 g/mol. The van der Waals surface area contributed by atoms with E-state index in [0.717, 1.165) is 38.1 Å². The maximum atomic E-state index is 11.6. The van der Waals surface area contributed by atoms with Crippen LogP contribution in [-0.2, 0) is 18.3 Å². The molecule has 0 aliphatic heterocycles. The Kier molecular flexibility index (Phi) is 5.71. The molecule has 0 aliphatic carbocycles. The van der Waals surface area contributed by atoms with E-state index in [1.165, 1.54) is 6.33 Å². The number of hydrogen-bond acceptors (Lipinski definition) is 4. The number of hydrogen-bond donors (Lipinski definition) is 1. The molecule has 0 fully saturated rings. The van der Waals surface area contributed by atoms with E-state index < -0.39 is 0 Å². The quantitative estimate of drug-likeness (QED) is 0.664. The lowest BCUT2D eigenvalue weighted by molar-refractivity contribution is -0.118. The molecule has 5 heteroatoms. The Hall–Kier alpha value is -1.23. The number of nitrogens with two attached hydrogens (primary N) is 1. The molecule has 0 spiro atoms. The summed E-state index contributed by atoms with van der Waals surface area (Å²) in [4.78, 5) is 15.6. The zero-order valence-electron chi connectivity index (χ0n) is 9.85. The van der Waals surface area contributed by atoms with Gasteiger partial charge in [0.15, 0.2) is 0 Å². The lowest BCUT2D eigenvalue weighted by Gasteiger charge is -2.01.